The molecule has 0 bridgehead atoms. The molecule has 1 fully saturated rings. The summed E-state index contributed by atoms with van der Waals surface area (Å²) < 4.78 is 5.86. The summed E-state index contributed by atoms with van der Waals surface area (Å²) in [4.78, 5) is 14.9. The summed E-state index contributed by atoms with van der Waals surface area (Å²) >= 11 is 0. The van der Waals surface area contributed by atoms with Crippen LogP contribution in [0.4, 0.5) is 0 Å². The fourth-order valence-corrected chi connectivity index (χ4v) is 3.55. The third kappa shape index (κ3) is 5.83. The van der Waals surface area contributed by atoms with E-state index in [1.807, 2.05) is 32.0 Å². The van der Waals surface area contributed by atoms with E-state index < -0.39 is 6.10 Å². The monoisotopic (exact) mass is 380 g/mol. The van der Waals surface area contributed by atoms with Crippen molar-refractivity contribution in [3.8, 4) is 5.75 Å². The number of carbonyl (C=O) groups excluding carboxylic acids is 1. The number of aryl methyl sites for hydroxylation is 2. The van der Waals surface area contributed by atoms with Crippen molar-refractivity contribution in [1.82, 2.24) is 10.2 Å². The van der Waals surface area contributed by atoms with Crippen LogP contribution in [0.25, 0.3) is 0 Å². The number of likely N-dealkylation sites (tertiary alicyclic amines) is 1. The molecule has 0 aliphatic carbocycles. The molecule has 3 rings (SSSR count). The first kappa shape index (κ1) is 20.4. The van der Waals surface area contributed by atoms with Crippen LogP contribution in [0.2, 0.25) is 0 Å². The fourth-order valence-electron chi connectivity index (χ4n) is 3.55. The van der Waals surface area contributed by atoms with Crippen molar-refractivity contribution in [3.05, 3.63) is 64.7 Å². The number of hydrogen-bond acceptors (Lipinski definition) is 3. The van der Waals surface area contributed by atoms with Crippen LogP contribution in [0.3, 0.4) is 0 Å². The van der Waals surface area contributed by atoms with E-state index in [0.29, 0.717) is 6.54 Å². The lowest BCUT2D eigenvalue weighted by molar-refractivity contribution is -0.127. The minimum absolute atomic E-state index is 0.0988. The van der Waals surface area contributed by atoms with E-state index in [0.717, 1.165) is 29.0 Å². The quantitative estimate of drug-likeness (QED) is 0.775. The Balaban J connectivity index is 1.47. The zero-order valence-electron chi connectivity index (χ0n) is 17.3. The second-order valence-electron chi connectivity index (χ2n) is 7.90. The first-order chi connectivity index (χ1) is 13.5. The average molecular weight is 381 g/mol. The molecule has 0 unspecified atom stereocenters. The van der Waals surface area contributed by atoms with Crippen molar-refractivity contribution in [2.75, 3.05) is 13.1 Å². The SMILES string of the molecule is Cc1ccc(C)c(O[C@@H](C)C(=O)NCc2ccc(CN3CCCCC3)cc2)c1. The fraction of sp³-hybridized carbons (Fsp3) is 0.458. The summed E-state index contributed by atoms with van der Waals surface area (Å²) in [5.74, 6) is 0.669. The third-order valence-electron chi connectivity index (χ3n) is 5.36. The van der Waals surface area contributed by atoms with Crippen LogP contribution in [-0.4, -0.2) is 30.0 Å². The summed E-state index contributed by atoms with van der Waals surface area (Å²) in [6.45, 7) is 9.75. The Morgan fingerprint density at radius 3 is 2.43 bits per heavy atom. The van der Waals surface area contributed by atoms with Crippen LogP contribution < -0.4 is 10.1 Å². The number of ether oxygens (including phenoxy) is 1. The number of benzene rings is 2. The van der Waals surface area contributed by atoms with Crippen molar-refractivity contribution in [2.45, 2.75) is 59.2 Å². The van der Waals surface area contributed by atoms with Gasteiger partial charge in [-0.3, -0.25) is 9.69 Å². The molecule has 1 N–H and O–H groups in total. The van der Waals surface area contributed by atoms with Crippen LogP contribution in [0.1, 0.15) is 48.4 Å². The van der Waals surface area contributed by atoms with Gasteiger partial charge in [-0.2, -0.15) is 0 Å². The van der Waals surface area contributed by atoms with Gasteiger partial charge in [-0.1, -0.05) is 42.8 Å². The maximum atomic E-state index is 12.4. The van der Waals surface area contributed by atoms with Gasteiger partial charge in [0.15, 0.2) is 6.10 Å². The summed E-state index contributed by atoms with van der Waals surface area (Å²) in [6, 6.07) is 14.6. The molecule has 2 aromatic rings. The summed E-state index contributed by atoms with van der Waals surface area (Å²) in [7, 11) is 0. The third-order valence-corrected chi connectivity index (χ3v) is 5.36. The largest absolute Gasteiger partial charge is 0.481 e. The topological polar surface area (TPSA) is 41.6 Å². The highest BCUT2D eigenvalue weighted by Gasteiger charge is 2.15. The van der Waals surface area contributed by atoms with Gasteiger partial charge in [-0.05, 0) is 75.0 Å². The zero-order chi connectivity index (χ0) is 19.9. The summed E-state index contributed by atoms with van der Waals surface area (Å²) in [6.07, 6.45) is 3.46. The van der Waals surface area contributed by atoms with Gasteiger partial charge in [0, 0.05) is 13.1 Å². The molecule has 150 valence electrons. The van der Waals surface area contributed by atoms with E-state index >= 15 is 0 Å². The van der Waals surface area contributed by atoms with Gasteiger partial charge < -0.3 is 10.1 Å². The lowest BCUT2D eigenvalue weighted by Crippen LogP contribution is -2.36. The normalized spacial score (nSPS) is 15.8. The molecular weight excluding hydrogens is 348 g/mol. The first-order valence-corrected chi connectivity index (χ1v) is 10.3. The van der Waals surface area contributed by atoms with E-state index in [1.54, 1.807) is 6.92 Å². The Labute approximate surface area is 168 Å². The molecule has 1 heterocycles. The minimum atomic E-state index is -0.529. The molecule has 1 aliphatic heterocycles. The number of amides is 1. The lowest BCUT2D eigenvalue weighted by Gasteiger charge is -2.26. The molecule has 4 heteroatoms. The zero-order valence-corrected chi connectivity index (χ0v) is 17.3. The Morgan fingerprint density at radius 2 is 1.71 bits per heavy atom. The number of nitrogens with zero attached hydrogens (tertiary/aromatic N) is 1. The molecule has 2 aromatic carbocycles. The standard InChI is InChI=1S/C24H32N2O2/c1-18-7-8-19(2)23(15-18)28-20(3)24(27)25-16-21-9-11-22(12-10-21)17-26-13-5-4-6-14-26/h7-12,15,20H,4-6,13-14,16-17H2,1-3H3,(H,25,27)/t20-/m0/s1. The van der Waals surface area contributed by atoms with Crippen molar-refractivity contribution >= 4 is 5.91 Å². The van der Waals surface area contributed by atoms with Gasteiger partial charge in [-0.15, -0.1) is 0 Å². The van der Waals surface area contributed by atoms with Gasteiger partial charge in [0.25, 0.3) is 5.91 Å². The number of carbonyl (C=O) groups is 1. The Hall–Kier alpha value is -2.33. The Morgan fingerprint density at radius 1 is 1.04 bits per heavy atom. The number of hydrogen-bond donors (Lipinski definition) is 1. The highest BCUT2D eigenvalue weighted by molar-refractivity contribution is 5.80. The van der Waals surface area contributed by atoms with Crippen molar-refractivity contribution in [1.29, 1.82) is 0 Å². The van der Waals surface area contributed by atoms with Crippen LogP contribution >= 0.6 is 0 Å². The second-order valence-corrected chi connectivity index (χ2v) is 7.90. The van der Waals surface area contributed by atoms with E-state index in [-0.39, 0.29) is 5.91 Å². The van der Waals surface area contributed by atoms with Gasteiger partial charge in [0.05, 0.1) is 0 Å². The van der Waals surface area contributed by atoms with E-state index in [1.165, 1.54) is 37.9 Å². The van der Waals surface area contributed by atoms with Crippen LogP contribution in [0, 0.1) is 13.8 Å². The molecule has 1 saturated heterocycles. The highest BCUT2D eigenvalue weighted by Crippen LogP contribution is 2.20. The molecular formula is C24H32N2O2. The molecule has 1 aliphatic rings. The maximum Gasteiger partial charge on any atom is 0.261 e. The summed E-state index contributed by atoms with van der Waals surface area (Å²) in [5.41, 5.74) is 4.60. The van der Waals surface area contributed by atoms with Gasteiger partial charge in [-0.25, -0.2) is 0 Å². The molecule has 0 radical (unpaired) electrons. The van der Waals surface area contributed by atoms with Gasteiger partial charge in [0.1, 0.15) is 5.75 Å². The Bertz CT molecular complexity index is 780. The minimum Gasteiger partial charge on any atom is -0.481 e. The highest BCUT2D eigenvalue weighted by atomic mass is 16.5. The van der Waals surface area contributed by atoms with Crippen LogP contribution in [-0.2, 0) is 17.9 Å². The van der Waals surface area contributed by atoms with Gasteiger partial charge in [0.2, 0.25) is 0 Å². The predicted molar refractivity (Wildman–Crippen MR) is 113 cm³/mol. The molecule has 28 heavy (non-hydrogen) atoms. The van der Waals surface area contributed by atoms with E-state index in [9.17, 15) is 4.79 Å². The van der Waals surface area contributed by atoms with Crippen molar-refractivity contribution in [2.24, 2.45) is 0 Å². The molecule has 0 aromatic heterocycles. The predicted octanol–water partition coefficient (Wildman–Crippen LogP) is 4.37. The number of rotatable bonds is 7. The number of nitrogens with one attached hydrogen (secondary N) is 1. The number of piperidine rings is 1. The maximum absolute atomic E-state index is 12.4. The molecule has 4 nitrogen and oxygen atoms in total. The molecule has 1 amide bonds. The van der Waals surface area contributed by atoms with Crippen molar-refractivity contribution in [3.63, 3.8) is 0 Å². The lowest BCUT2D eigenvalue weighted by atomic mass is 10.1. The Kier molecular flexibility index (Phi) is 7.10. The van der Waals surface area contributed by atoms with E-state index in [4.69, 9.17) is 4.74 Å². The van der Waals surface area contributed by atoms with Crippen LogP contribution in [0.5, 0.6) is 5.75 Å². The second kappa shape index (κ2) is 9.74. The molecule has 0 spiro atoms. The average Bonchev–Trinajstić information content (AvgIpc) is 2.70. The molecule has 0 saturated carbocycles. The van der Waals surface area contributed by atoms with Crippen LogP contribution in [0.15, 0.2) is 42.5 Å². The van der Waals surface area contributed by atoms with Gasteiger partial charge >= 0.3 is 0 Å². The summed E-state index contributed by atoms with van der Waals surface area (Å²) in [5, 5.41) is 2.98. The van der Waals surface area contributed by atoms with E-state index in [2.05, 4.69) is 34.5 Å². The van der Waals surface area contributed by atoms with Crippen molar-refractivity contribution < 1.29 is 9.53 Å². The smallest absolute Gasteiger partial charge is 0.261 e. The first-order valence-electron chi connectivity index (χ1n) is 10.3. The molecule has 1 atom stereocenters.